The van der Waals surface area contributed by atoms with E-state index >= 15 is 0 Å². The maximum absolute atomic E-state index is 5.83. The molecule has 0 radical (unpaired) electrons. The van der Waals surface area contributed by atoms with Gasteiger partial charge in [-0.2, -0.15) is 0 Å². The Hall–Kier alpha value is -3.47. The summed E-state index contributed by atoms with van der Waals surface area (Å²) in [5.74, 6) is 2.31. The second kappa shape index (κ2) is 7.64. The number of hydrogen-bond acceptors (Lipinski definition) is 5. The number of aromatic nitrogens is 3. The first-order valence-corrected chi connectivity index (χ1v) is 9.31. The van der Waals surface area contributed by atoms with Crippen LogP contribution in [-0.2, 0) is 0 Å². The number of rotatable bonds is 5. The Bertz CT molecular complexity index is 1110. The molecule has 1 N–H and O–H groups in total. The van der Waals surface area contributed by atoms with Crippen molar-refractivity contribution in [2.24, 2.45) is 0 Å². The third-order valence-electron chi connectivity index (χ3n) is 4.39. The molecule has 0 unspecified atom stereocenters. The standard InChI is InChI=1S/C23H22N4O/c1-15(2)28-19-8-4-6-16(12-19)17-9-10-21-20(13-17)23(24-3)27-22(26-21)18-7-5-11-25-14-18/h4-15H,1-3H3,(H,24,26,27). The average molecular weight is 370 g/mol. The van der Waals surface area contributed by atoms with Crippen molar-refractivity contribution in [2.75, 3.05) is 12.4 Å². The smallest absolute Gasteiger partial charge is 0.163 e. The zero-order valence-corrected chi connectivity index (χ0v) is 16.2. The first-order valence-electron chi connectivity index (χ1n) is 9.31. The topological polar surface area (TPSA) is 59.9 Å². The third kappa shape index (κ3) is 3.64. The third-order valence-corrected chi connectivity index (χ3v) is 4.39. The van der Waals surface area contributed by atoms with Crippen molar-refractivity contribution in [3.05, 3.63) is 67.0 Å². The highest BCUT2D eigenvalue weighted by atomic mass is 16.5. The summed E-state index contributed by atoms with van der Waals surface area (Å²) in [5, 5.41) is 4.17. The van der Waals surface area contributed by atoms with Gasteiger partial charge in [0.05, 0.1) is 11.6 Å². The summed E-state index contributed by atoms with van der Waals surface area (Å²) in [6.07, 6.45) is 3.66. The molecule has 0 aliphatic rings. The van der Waals surface area contributed by atoms with Crippen LogP contribution in [0.4, 0.5) is 5.82 Å². The first-order chi connectivity index (χ1) is 13.6. The zero-order valence-electron chi connectivity index (χ0n) is 16.2. The van der Waals surface area contributed by atoms with Crippen LogP contribution in [0, 0.1) is 0 Å². The maximum atomic E-state index is 5.83. The van der Waals surface area contributed by atoms with Crippen LogP contribution >= 0.6 is 0 Å². The predicted octanol–water partition coefficient (Wildman–Crippen LogP) is 5.19. The molecule has 0 saturated heterocycles. The van der Waals surface area contributed by atoms with Crippen molar-refractivity contribution in [3.8, 4) is 28.3 Å². The number of pyridine rings is 1. The number of nitrogens with zero attached hydrogens (tertiary/aromatic N) is 3. The van der Waals surface area contributed by atoms with E-state index in [1.54, 1.807) is 12.4 Å². The van der Waals surface area contributed by atoms with Gasteiger partial charge in [-0.1, -0.05) is 18.2 Å². The molecule has 28 heavy (non-hydrogen) atoms. The summed E-state index contributed by atoms with van der Waals surface area (Å²) in [6, 6.07) is 18.2. The molecule has 0 atom stereocenters. The van der Waals surface area contributed by atoms with E-state index < -0.39 is 0 Å². The van der Waals surface area contributed by atoms with E-state index in [2.05, 4.69) is 34.6 Å². The zero-order chi connectivity index (χ0) is 19.5. The predicted molar refractivity (Wildman–Crippen MR) is 114 cm³/mol. The van der Waals surface area contributed by atoms with Crippen molar-refractivity contribution in [1.82, 2.24) is 15.0 Å². The number of anilines is 1. The molecular formula is C23H22N4O. The van der Waals surface area contributed by atoms with Crippen LogP contribution in [-0.4, -0.2) is 28.1 Å². The Labute approximate surface area is 164 Å². The number of benzene rings is 2. The van der Waals surface area contributed by atoms with Crippen LogP contribution in [0.15, 0.2) is 67.0 Å². The molecular weight excluding hydrogens is 348 g/mol. The molecule has 0 aliphatic heterocycles. The quantitative estimate of drug-likeness (QED) is 0.524. The van der Waals surface area contributed by atoms with Crippen LogP contribution in [0.3, 0.4) is 0 Å². The Balaban J connectivity index is 1.79. The molecule has 5 nitrogen and oxygen atoms in total. The lowest BCUT2D eigenvalue weighted by molar-refractivity contribution is 0.242. The first kappa shape index (κ1) is 17.9. The van der Waals surface area contributed by atoms with Crippen molar-refractivity contribution >= 4 is 16.7 Å². The average Bonchev–Trinajstić information content (AvgIpc) is 2.73. The van der Waals surface area contributed by atoms with E-state index in [4.69, 9.17) is 14.7 Å². The minimum Gasteiger partial charge on any atom is -0.491 e. The van der Waals surface area contributed by atoms with Crippen molar-refractivity contribution < 1.29 is 4.74 Å². The van der Waals surface area contributed by atoms with Crippen LogP contribution < -0.4 is 10.1 Å². The minimum atomic E-state index is 0.141. The van der Waals surface area contributed by atoms with Gasteiger partial charge in [0.25, 0.3) is 0 Å². The molecule has 0 saturated carbocycles. The lowest BCUT2D eigenvalue weighted by Crippen LogP contribution is -2.05. The molecule has 0 aliphatic carbocycles. The Morgan fingerprint density at radius 2 is 1.71 bits per heavy atom. The molecule has 2 aromatic heterocycles. The fourth-order valence-corrected chi connectivity index (χ4v) is 3.14. The van der Waals surface area contributed by atoms with Gasteiger partial charge < -0.3 is 10.1 Å². The summed E-state index contributed by atoms with van der Waals surface area (Å²) in [6.45, 7) is 4.05. The molecule has 2 aromatic carbocycles. The van der Waals surface area contributed by atoms with E-state index in [-0.39, 0.29) is 6.10 Å². The molecule has 2 heterocycles. The van der Waals surface area contributed by atoms with Gasteiger partial charge in [0.1, 0.15) is 11.6 Å². The van der Waals surface area contributed by atoms with Crippen molar-refractivity contribution in [1.29, 1.82) is 0 Å². The molecule has 0 bridgehead atoms. The van der Waals surface area contributed by atoms with Gasteiger partial charge in [0.2, 0.25) is 0 Å². The fraction of sp³-hybridized carbons (Fsp3) is 0.174. The normalized spacial score (nSPS) is 11.0. The van der Waals surface area contributed by atoms with Crippen LogP contribution in [0.5, 0.6) is 5.75 Å². The van der Waals surface area contributed by atoms with Gasteiger partial charge in [-0.3, -0.25) is 4.98 Å². The Kier molecular flexibility index (Phi) is 4.89. The molecule has 0 amide bonds. The second-order valence-electron chi connectivity index (χ2n) is 6.81. The van der Waals surface area contributed by atoms with E-state index in [0.29, 0.717) is 5.82 Å². The van der Waals surface area contributed by atoms with E-state index in [9.17, 15) is 0 Å². The minimum absolute atomic E-state index is 0.141. The van der Waals surface area contributed by atoms with Crippen LogP contribution in [0.1, 0.15) is 13.8 Å². The number of fused-ring (bicyclic) bond motifs is 1. The van der Waals surface area contributed by atoms with Gasteiger partial charge in [-0.15, -0.1) is 0 Å². The summed E-state index contributed by atoms with van der Waals surface area (Å²) in [7, 11) is 1.87. The maximum Gasteiger partial charge on any atom is 0.163 e. The lowest BCUT2D eigenvalue weighted by Gasteiger charge is -2.12. The molecule has 4 rings (SSSR count). The Morgan fingerprint density at radius 3 is 2.46 bits per heavy atom. The highest BCUT2D eigenvalue weighted by Crippen LogP contribution is 2.31. The second-order valence-corrected chi connectivity index (χ2v) is 6.81. The van der Waals surface area contributed by atoms with E-state index in [1.807, 2.05) is 51.2 Å². The number of ether oxygens (including phenoxy) is 1. The summed E-state index contributed by atoms with van der Waals surface area (Å²) < 4.78 is 5.83. The van der Waals surface area contributed by atoms with Crippen molar-refractivity contribution in [3.63, 3.8) is 0 Å². The highest BCUT2D eigenvalue weighted by Gasteiger charge is 2.11. The van der Waals surface area contributed by atoms with Gasteiger partial charge >= 0.3 is 0 Å². The fourth-order valence-electron chi connectivity index (χ4n) is 3.14. The van der Waals surface area contributed by atoms with Crippen LogP contribution in [0.2, 0.25) is 0 Å². The van der Waals surface area contributed by atoms with Crippen molar-refractivity contribution in [2.45, 2.75) is 20.0 Å². The van der Waals surface area contributed by atoms with Gasteiger partial charge in [0.15, 0.2) is 5.82 Å². The molecule has 140 valence electrons. The molecule has 5 heteroatoms. The van der Waals surface area contributed by atoms with E-state index in [1.165, 1.54) is 0 Å². The number of hydrogen-bond donors (Lipinski definition) is 1. The summed E-state index contributed by atoms with van der Waals surface area (Å²) in [5.41, 5.74) is 3.97. The van der Waals surface area contributed by atoms with E-state index in [0.717, 1.165) is 39.2 Å². The molecule has 4 aromatic rings. The summed E-state index contributed by atoms with van der Waals surface area (Å²) >= 11 is 0. The monoisotopic (exact) mass is 370 g/mol. The summed E-state index contributed by atoms with van der Waals surface area (Å²) in [4.78, 5) is 13.6. The number of nitrogens with one attached hydrogen (secondary N) is 1. The largest absolute Gasteiger partial charge is 0.491 e. The molecule has 0 fully saturated rings. The Morgan fingerprint density at radius 1 is 0.893 bits per heavy atom. The van der Waals surface area contributed by atoms with Gasteiger partial charge in [-0.25, -0.2) is 9.97 Å². The van der Waals surface area contributed by atoms with Crippen LogP contribution in [0.25, 0.3) is 33.4 Å². The van der Waals surface area contributed by atoms with Gasteiger partial charge in [-0.05, 0) is 61.4 Å². The van der Waals surface area contributed by atoms with Gasteiger partial charge in [0, 0.05) is 30.4 Å². The molecule has 0 spiro atoms. The highest BCUT2D eigenvalue weighted by molar-refractivity contribution is 5.93. The lowest BCUT2D eigenvalue weighted by atomic mass is 10.0. The SMILES string of the molecule is CNc1nc(-c2cccnc2)nc2ccc(-c3cccc(OC(C)C)c3)cc12.